The predicted octanol–water partition coefficient (Wildman–Crippen LogP) is 2.79. The molecular formula is C15H20ClNO2. The Bertz CT molecular complexity index is 461. The molecule has 2 rings (SSSR count). The predicted molar refractivity (Wildman–Crippen MR) is 76.4 cm³/mol. The Morgan fingerprint density at radius 1 is 1.42 bits per heavy atom. The minimum absolute atomic E-state index is 0.0921. The zero-order chi connectivity index (χ0) is 13.8. The quantitative estimate of drug-likeness (QED) is 0.892. The zero-order valence-electron chi connectivity index (χ0n) is 11.2. The van der Waals surface area contributed by atoms with E-state index in [4.69, 9.17) is 11.6 Å². The molecule has 0 bridgehead atoms. The molecule has 1 aromatic carbocycles. The van der Waals surface area contributed by atoms with Crippen LogP contribution in [0, 0.1) is 18.8 Å². The Kier molecular flexibility index (Phi) is 4.83. The summed E-state index contributed by atoms with van der Waals surface area (Å²) in [6.45, 7) is 2.76. The van der Waals surface area contributed by atoms with E-state index in [-0.39, 0.29) is 12.5 Å². The summed E-state index contributed by atoms with van der Waals surface area (Å²) in [5, 5.41) is 12.8. The normalized spacial score (nSPS) is 22.5. The lowest BCUT2D eigenvalue weighted by atomic mass is 9.97. The van der Waals surface area contributed by atoms with Crippen LogP contribution in [0.1, 0.15) is 35.2 Å². The van der Waals surface area contributed by atoms with Gasteiger partial charge in [-0.15, -0.1) is 0 Å². The third-order valence-corrected chi connectivity index (χ3v) is 4.42. The van der Waals surface area contributed by atoms with Crippen LogP contribution in [0.3, 0.4) is 0 Å². The maximum atomic E-state index is 12.0. The Morgan fingerprint density at radius 2 is 2.16 bits per heavy atom. The van der Waals surface area contributed by atoms with Crippen LogP contribution in [0.25, 0.3) is 0 Å². The van der Waals surface area contributed by atoms with Gasteiger partial charge in [0.2, 0.25) is 0 Å². The molecule has 2 unspecified atom stereocenters. The molecule has 1 saturated carbocycles. The van der Waals surface area contributed by atoms with Gasteiger partial charge in [-0.3, -0.25) is 4.79 Å². The van der Waals surface area contributed by atoms with E-state index in [1.54, 1.807) is 12.1 Å². The van der Waals surface area contributed by atoms with Crippen molar-refractivity contribution in [2.75, 3.05) is 13.2 Å². The molecule has 0 aliphatic heterocycles. The number of aryl methyl sites for hydroxylation is 1. The summed E-state index contributed by atoms with van der Waals surface area (Å²) in [4.78, 5) is 12.0. The van der Waals surface area contributed by atoms with Gasteiger partial charge in [0.05, 0.1) is 0 Å². The van der Waals surface area contributed by atoms with E-state index in [1.165, 1.54) is 0 Å². The Labute approximate surface area is 119 Å². The molecular weight excluding hydrogens is 262 g/mol. The number of nitrogens with one attached hydrogen (secondary N) is 1. The molecule has 1 aromatic rings. The lowest BCUT2D eigenvalue weighted by molar-refractivity contribution is 0.0938. The van der Waals surface area contributed by atoms with Gasteiger partial charge in [0.25, 0.3) is 5.91 Å². The molecule has 0 heterocycles. The fourth-order valence-corrected chi connectivity index (χ4v) is 2.86. The van der Waals surface area contributed by atoms with E-state index in [1.807, 2.05) is 13.0 Å². The number of carbonyl (C=O) groups excluding carboxylic acids is 1. The second kappa shape index (κ2) is 6.40. The summed E-state index contributed by atoms with van der Waals surface area (Å²) in [5.41, 5.74) is 1.56. The second-order valence-corrected chi connectivity index (χ2v) is 5.71. The summed E-state index contributed by atoms with van der Waals surface area (Å²) in [6, 6.07) is 5.34. The van der Waals surface area contributed by atoms with Crippen molar-refractivity contribution in [1.29, 1.82) is 0 Å². The second-order valence-electron chi connectivity index (χ2n) is 5.31. The first kappa shape index (κ1) is 14.4. The fourth-order valence-electron chi connectivity index (χ4n) is 2.68. The molecule has 0 spiro atoms. The van der Waals surface area contributed by atoms with Crippen LogP contribution in [-0.2, 0) is 0 Å². The molecule has 1 fully saturated rings. The van der Waals surface area contributed by atoms with Crippen molar-refractivity contribution in [2.45, 2.75) is 26.2 Å². The highest BCUT2D eigenvalue weighted by Crippen LogP contribution is 2.30. The first-order valence-electron chi connectivity index (χ1n) is 6.77. The molecule has 104 valence electrons. The molecule has 1 aliphatic carbocycles. The molecule has 0 saturated heterocycles. The maximum absolute atomic E-state index is 12.0. The van der Waals surface area contributed by atoms with E-state index < -0.39 is 0 Å². The smallest absolute Gasteiger partial charge is 0.251 e. The number of carbonyl (C=O) groups is 1. The number of hydrogen-bond acceptors (Lipinski definition) is 2. The van der Waals surface area contributed by atoms with Crippen LogP contribution in [-0.4, -0.2) is 24.2 Å². The minimum atomic E-state index is -0.0921. The van der Waals surface area contributed by atoms with Gasteiger partial charge in [-0.25, -0.2) is 0 Å². The monoisotopic (exact) mass is 281 g/mol. The van der Waals surface area contributed by atoms with E-state index in [9.17, 15) is 9.90 Å². The minimum Gasteiger partial charge on any atom is -0.396 e. The lowest BCUT2D eigenvalue weighted by Crippen LogP contribution is -2.31. The van der Waals surface area contributed by atoms with Crippen molar-refractivity contribution in [2.24, 2.45) is 11.8 Å². The van der Waals surface area contributed by atoms with Crippen molar-refractivity contribution in [3.63, 3.8) is 0 Å². The van der Waals surface area contributed by atoms with Gasteiger partial charge in [-0.2, -0.15) is 0 Å². The highest BCUT2D eigenvalue weighted by Gasteiger charge is 2.26. The first-order chi connectivity index (χ1) is 9.11. The molecule has 2 atom stereocenters. The number of rotatable bonds is 4. The van der Waals surface area contributed by atoms with Crippen LogP contribution in [0.15, 0.2) is 18.2 Å². The van der Waals surface area contributed by atoms with E-state index in [0.29, 0.717) is 29.0 Å². The highest BCUT2D eigenvalue weighted by atomic mass is 35.5. The largest absolute Gasteiger partial charge is 0.396 e. The number of aliphatic hydroxyl groups is 1. The van der Waals surface area contributed by atoms with Crippen LogP contribution in [0.4, 0.5) is 0 Å². The van der Waals surface area contributed by atoms with Gasteiger partial charge in [-0.05, 0) is 49.3 Å². The molecule has 4 heteroatoms. The SMILES string of the molecule is Cc1ccc(C(=O)NCC2CCCC2CO)cc1Cl. The molecule has 19 heavy (non-hydrogen) atoms. The number of amides is 1. The molecule has 0 radical (unpaired) electrons. The van der Waals surface area contributed by atoms with Crippen LogP contribution in [0.2, 0.25) is 5.02 Å². The van der Waals surface area contributed by atoms with Crippen LogP contribution in [0.5, 0.6) is 0 Å². The summed E-state index contributed by atoms with van der Waals surface area (Å²) in [5.74, 6) is 0.641. The van der Waals surface area contributed by atoms with Gasteiger partial charge in [0.15, 0.2) is 0 Å². The van der Waals surface area contributed by atoms with E-state index >= 15 is 0 Å². The first-order valence-corrected chi connectivity index (χ1v) is 7.15. The molecule has 1 amide bonds. The summed E-state index contributed by atoms with van der Waals surface area (Å²) in [7, 11) is 0. The van der Waals surface area contributed by atoms with Crippen molar-refractivity contribution in [3.8, 4) is 0 Å². The Balaban J connectivity index is 1.92. The molecule has 0 aromatic heterocycles. The van der Waals surface area contributed by atoms with Crippen LogP contribution >= 0.6 is 11.6 Å². The lowest BCUT2D eigenvalue weighted by Gasteiger charge is -2.17. The summed E-state index contributed by atoms with van der Waals surface area (Å²) < 4.78 is 0. The standard InChI is InChI=1S/C15H20ClNO2/c1-10-5-6-11(7-14(10)16)15(19)17-8-12-3-2-4-13(12)9-18/h5-7,12-13,18H,2-4,8-9H2,1H3,(H,17,19). The van der Waals surface area contributed by atoms with Gasteiger partial charge >= 0.3 is 0 Å². The molecule has 3 nitrogen and oxygen atoms in total. The van der Waals surface area contributed by atoms with Crippen LogP contribution < -0.4 is 5.32 Å². The van der Waals surface area contributed by atoms with E-state index in [0.717, 1.165) is 24.8 Å². The van der Waals surface area contributed by atoms with Crippen molar-refractivity contribution >= 4 is 17.5 Å². The van der Waals surface area contributed by atoms with Gasteiger partial charge in [0, 0.05) is 23.7 Å². The van der Waals surface area contributed by atoms with Crippen molar-refractivity contribution in [3.05, 3.63) is 34.3 Å². The number of hydrogen-bond donors (Lipinski definition) is 2. The number of benzene rings is 1. The van der Waals surface area contributed by atoms with Crippen molar-refractivity contribution < 1.29 is 9.90 Å². The Morgan fingerprint density at radius 3 is 2.84 bits per heavy atom. The third kappa shape index (κ3) is 3.48. The fraction of sp³-hybridized carbons (Fsp3) is 0.533. The third-order valence-electron chi connectivity index (χ3n) is 4.01. The van der Waals surface area contributed by atoms with Crippen molar-refractivity contribution in [1.82, 2.24) is 5.32 Å². The molecule has 1 aliphatic rings. The number of halogens is 1. The highest BCUT2D eigenvalue weighted by molar-refractivity contribution is 6.31. The maximum Gasteiger partial charge on any atom is 0.251 e. The topological polar surface area (TPSA) is 49.3 Å². The average molecular weight is 282 g/mol. The Hall–Kier alpha value is -1.06. The summed E-state index contributed by atoms with van der Waals surface area (Å²) in [6.07, 6.45) is 3.29. The average Bonchev–Trinajstić information content (AvgIpc) is 2.86. The number of aliphatic hydroxyl groups excluding tert-OH is 1. The zero-order valence-corrected chi connectivity index (χ0v) is 11.9. The molecule has 2 N–H and O–H groups in total. The van der Waals surface area contributed by atoms with E-state index in [2.05, 4.69) is 5.32 Å². The van der Waals surface area contributed by atoms with Gasteiger partial charge in [0.1, 0.15) is 0 Å². The van der Waals surface area contributed by atoms with Gasteiger partial charge < -0.3 is 10.4 Å². The summed E-state index contributed by atoms with van der Waals surface area (Å²) >= 11 is 6.02. The van der Waals surface area contributed by atoms with Gasteiger partial charge in [-0.1, -0.05) is 24.1 Å².